The van der Waals surface area contributed by atoms with Crippen molar-refractivity contribution in [1.29, 1.82) is 5.26 Å². The van der Waals surface area contributed by atoms with Gasteiger partial charge in [0.1, 0.15) is 17.6 Å². The Morgan fingerprint density at radius 1 is 1.39 bits per heavy atom. The summed E-state index contributed by atoms with van der Waals surface area (Å²) < 4.78 is 18.3. The predicted octanol–water partition coefficient (Wildman–Crippen LogP) is 6.87. The van der Waals surface area contributed by atoms with Crippen LogP contribution in [0.2, 0.25) is 5.02 Å². The molecule has 1 spiro atoms. The SMILES string of the molecule is C=CN=C(OC1CCN(C(=O)OC(C)C)CC12CC2)C(C)=C(Oc1ccc(C#N)cc1Cl)C(C)CC. The first-order chi connectivity index (χ1) is 17.1. The second kappa shape index (κ2) is 11.8. The zero-order valence-corrected chi connectivity index (χ0v) is 22.6. The molecule has 8 heteroatoms. The Morgan fingerprint density at radius 2 is 2.11 bits per heavy atom. The van der Waals surface area contributed by atoms with Crippen LogP contribution in [0.15, 0.2) is 47.3 Å². The van der Waals surface area contributed by atoms with Crippen LogP contribution in [0, 0.1) is 22.7 Å². The number of piperidine rings is 1. The van der Waals surface area contributed by atoms with Gasteiger partial charge in [0.2, 0.25) is 5.90 Å². The lowest BCUT2D eigenvalue weighted by molar-refractivity contribution is 0.00897. The fraction of sp³-hybridized carbons (Fsp3) is 0.536. The number of hydrogen-bond acceptors (Lipinski definition) is 6. The van der Waals surface area contributed by atoms with Gasteiger partial charge in [-0.3, -0.25) is 0 Å². The van der Waals surface area contributed by atoms with E-state index in [4.69, 9.17) is 31.1 Å². The summed E-state index contributed by atoms with van der Waals surface area (Å²) in [6, 6.07) is 7.05. The Hall–Kier alpha value is -2.98. The van der Waals surface area contributed by atoms with E-state index in [9.17, 15) is 4.79 Å². The number of aliphatic imine (C=N–C) groups is 1. The van der Waals surface area contributed by atoms with Crippen LogP contribution in [0.3, 0.4) is 0 Å². The van der Waals surface area contributed by atoms with Crippen molar-refractivity contribution in [2.75, 3.05) is 13.1 Å². The first-order valence-corrected chi connectivity index (χ1v) is 12.9. The molecule has 1 aromatic carbocycles. The molecule has 2 fully saturated rings. The quantitative estimate of drug-likeness (QED) is 0.215. The second-order valence-electron chi connectivity index (χ2n) is 9.89. The van der Waals surface area contributed by atoms with Gasteiger partial charge in [-0.1, -0.05) is 32.0 Å². The lowest BCUT2D eigenvalue weighted by Gasteiger charge is -2.39. The summed E-state index contributed by atoms with van der Waals surface area (Å²) in [5.74, 6) is 1.70. The van der Waals surface area contributed by atoms with Crippen molar-refractivity contribution in [2.45, 2.75) is 72.5 Å². The van der Waals surface area contributed by atoms with Crippen molar-refractivity contribution >= 4 is 23.6 Å². The maximum Gasteiger partial charge on any atom is 0.410 e. The molecule has 0 bridgehead atoms. The lowest BCUT2D eigenvalue weighted by Crippen LogP contribution is -2.49. The predicted molar refractivity (Wildman–Crippen MR) is 141 cm³/mol. The summed E-state index contributed by atoms with van der Waals surface area (Å²) in [4.78, 5) is 18.7. The van der Waals surface area contributed by atoms with Gasteiger partial charge in [-0.25, -0.2) is 9.79 Å². The third-order valence-electron chi connectivity index (χ3n) is 6.83. The molecule has 1 heterocycles. The number of likely N-dealkylation sites (tertiary alicyclic amines) is 1. The summed E-state index contributed by atoms with van der Waals surface area (Å²) in [6.45, 7) is 14.8. The highest BCUT2D eigenvalue weighted by molar-refractivity contribution is 6.32. The number of amides is 1. The molecule has 1 aliphatic carbocycles. The highest BCUT2D eigenvalue weighted by Crippen LogP contribution is 2.53. The first kappa shape index (κ1) is 27.6. The molecule has 1 amide bonds. The normalized spacial score (nSPS) is 20.3. The number of halogens is 1. The van der Waals surface area contributed by atoms with E-state index in [-0.39, 0.29) is 29.6 Å². The van der Waals surface area contributed by atoms with Gasteiger partial charge in [-0.15, -0.1) is 0 Å². The molecule has 7 nitrogen and oxygen atoms in total. The van der Waals surface area contributed by atoms with Crippen molar-refractivity contribution < 1.29 is 19.0 Å². The van der Waals surface area contributed by atoms with Gasteiger partial charge >= 0.3 is 6.09 Å². The van der Waals surface area contributed by atoms with Crippen LogP contribution in [0.1, 0.15) is 65.9 Å². The number of benzene rings is 1. The molecule has 1 saturated heterocycles. The molecule has 194 valence electrons. The second-order valence-corrected chi connectivity index (χ2v) is 10.3. The van der Waals surface area contributed by atoms with Crippen LogP contribution < -0.4 is 4.74 Å². The zero-order valence-electron chi connectivity index (χ0n) is 21.8. The Kier molecular flexibility index (Phi) is 9.08. The maximum absolute atomic E-state index is 12.5. The van der Waals surface area contributed by atoms with Crippen LogP contribution in [0.5, 0.6) is 5.75 Å². The third-order valence-corrected chi connectivity index (χ3v) is 7.13. The average Bonchev–Trinajstić information content (AvgIpc) is 3.62. The Balaban J connectivity index is 1.85. The van der Waals surface area contributed by atoms with E-state index in [0.717, 1.165) is 24.8 Å². The standard InChI is InChI=1S/C28H36ClN3O4/c1-7-19(5)25(35-23-10-9-21(16-30)15-22(23)29)20(6)26(31-8-2)36-24-11-14-32(17-28(24)12-13-28)27(33)34-18(3)4/h8-10,15,18-19,24H,2,7,11-14,17H2,1,3-6H3. The van der Waals surface area contributed by atoms with Gasteiger partial charge in [-0.2, -0.15) is 5.26 Å². The number of carbonyl (C=O) groups is 1. The highest BCUT2D eigenvalue weighted by Gasteiger charge is 2.55. The van der Waals surface area contributed by atoms with Gasteiger partial charge in [0.05, 0.1) is 22.8 Å². The average molecular weight is 514 g/mol. The number of allylic oxidation sites excluding steroid dienone is 1. The lowest BCUT2D eigenvalue weighted by atomic mass is 9.91. The van der Waals surface area contributed by atoms with E-state index >= 15 is 0 Å². The minimum atomic E-state index is -0.266. The maximum atomic E-state index is 12.5. The number of rotatable bonds is 8. The molecule has 0 aromatic heterocycles. The molecule has 2 atom stereocenters. The Labute approximate surface area is 219 Å². The summed E-state index contributed by atoms with van der Waals surface area (Å²) in [5, 5.41) is 9.50. The van der Waals surface area contributed by atoms with Crippen LogP contribution in [-0.4, -0.2) is 42.2 Å². The number of hydrogen-bond donors (Lipinski definition) is 0. The first-order valence-electron chi connectivity index (χ1n) is 12.5. The smallest absolute Gasteiger partial charge is 0.410 e. The summed E-state index contributed by atoms with van der Waals surface area (Å²) in [7, 11) is 0. The number of ether oxygens (including phenoxy) is 3. The summed E-state index contributed by atoms with van der Waals surface area (Å²) in [5.41, 5.74) is 1.14. The van der Waals surface area contributed by atoms with Crippen LogP contribution in [0.25, 0.3) is 0 Å². The zero-order chi connectivity index (χ0) is 26.5. The fourth-order valence-electron chi connectivity index (χ4n) is 4.44. The van der Waals surface area contributed by atoms with Crippen LogP contribution >= 0.6 is 11.6 Å². The van der Waals surface area contributed by atoms with Crippen molar-refractivity contribution in [3.05, 3.63) is 52.9 Å². The van der Waals surface area contributed by atoms with E-state index in [0.29, 0.717) is 47.5 Å². The van der Waals surface area contributed by atoms with Crippen LogP contribution in [-0.2, 0) is 9.47 Å². The molecule has 0 N–H and O–H groups in total. The van der Waals surface area contributed by atoms with Crippen molar-refractivity contribution in [3.8, 4) is 11.8 Å². The number of nitrogens with zero attached hydrogens (tertiary/aromatic N) is 3. The molecule has 1 aromatic rings. The van der Waals surface area contributed by atoms with Crippen molar-refractivity contribution in [3.63, 3.8) is 0 Å². The van der Waals surface area contributed by atoms with E-state index in [2.05, 4.69) is 31.5 Å². The molecular formula is C28H36ClN3O4. The molecule has 2 aliphatic rings. The van der Waals surface area contributed by atoms with Gasteiger partial charge < -0.3 is 19.1 Å². The van der Waals surface area contributed by atoms with E-state index in [1.54, 1.807) is 23.1 Å². The Morgan fingerprint density at radius 3 is 2.67 bits per heavy atom. The molecule has 3 rings (SSSR count). The minimum absolute atomic E-state index is 0.0675. The Bertz CT molecular complexity index is 1080. The molecular weight excluding hydrogens is 478 g/mol. The number of nitriles is 1. The fourth-order valence-corrected chi connectivity index (χ4v) is 4.66. The van der Waals surface area contributed by atoms with Crippen molar-refractivity contribution in [1.82, 2.24) is 4.90 Å². The topological polar surface area (TPSA) is 84.2 Å². The van der Waals surface area contributed by atoms with Crippen molar-refractivity contribution in [2.24, 2.45) is 16.3 Å². The van der Waals surface area contributed by atoms with E-state index in [1.807, 2.05) is 20.8 Å². The molecule has 2 unspecified atom stereocenters. The van der Waals surface area contributed by atoms with Gasteiger partial charge in [0, 0.05) is 42.6 Å². The monoisotopic (exact) mass is 513 g/mol. The molecule has 1 aliphatic heterocycles. The summed E-state index contributed by atoms with van der Waals surface area (Å²) in [6.07, 6.45) is 4.48. The third kappa shape index (κ3) is 6.41. The molecule has 36 heavy (non-hydrogen) atoms. The van der Waals surface area contributed by atoms with Crippen LogP contribution in [0.4, 0.5) is 4.79 Å². The molecule has 0 radical (unpaired) electrons. The van der Waals surface area contributed by atoms with Gasteiger partial charge in [0.25, 0.3) is 0 Å². The summed E-state index contributed by atoms with van der Waals surface area (Å²) >= 11 is 6.40. The highest BCUT2D eigenvalue weighted by atomic mass is 35.5. The van der Waals surface area contributed by atoms with Gasteiger partial charge in [-0.05, 0) is 58.2 Å². The van der Waals surface area contributed by atoms with E-state index in [1.165, 1.54) is 6.20 Å². The number of carbonyl (C=O) groups excluding carboxylic acids is 1. The van der Waals surface area contributed by atoms with Gasteiger partial charge in [0.15, 0.2) is 0 Å². The molecule has 1 saturated carbocycles. The minimum Gasteiger partial charge on any atom is -0.473 e. The van der Waals surface area contributed by atoms with E-state index < -0.39 is 0 Å². The largest absolute Gasteiger partial charge is 0.473 e.